The minimum Gasteiger partial charge on any atom is -0.422 e. The third-order valence-electron chi connectivity index (χ3n) is 12.8. The lowest BCUT2D eigenvalue weighted by Gasteiger charge is -2.19. The van der Waals surface area contributed by atoms with Gasteiger partial charge < -0.3 is 28.4 Å². The van der Waals surface area contributed by atoms with E-state index >= 15 is 0 Å². The molecule has 4 rings (SSSR count). The van der Waals surface area contributed by atoms with Crippen molar-refractivity contribution in [2.75, 3.05) is 72.1 Å². The van der Waals surface area contributed by atoms with Crippen molar-refractivity contribution in [3.63, 3.8) is 0 Å². The Hall–Kier alpha value is -3.42. The summed E-state index contributed by atoms with van der Waals surface area (Å²) in [6, 6.07) is 9.87. The molecule has 0 amide bonds. The Morgan fingerprint density at radius 1 is 0.244 bits per heavy atom. The zero-order valence-corrected chi connectivity index (χ0v) is 51.9. The number of carbonyl (C=O) groups is 6. The lowest BCUT2D eigenvalue weighted by atomic mass is 9.93. The van der Waals surface area contributed by atoms with Gasteiger partial charge >= 0.3 is 35.8 Å². The SMILES string of the molecule is CSCCCCCC(=O)Oc1cc2c3cc(OC(=O)CCCCCSC)c(OC(=O)CCCCCSC)cc3c3cc(OC(=O)CCCCCSC)c(OC(=O)CCCCCSC)cc3c2cc1OC(=O)CCCCCSC. The van der Waals surface area contributed by atoms with Gasteiger partial charge in [0.2, 0.25) is 0 Å². The molecule has 0 saturated carbocycles. The molecule has 0 spiro atoms. The van der Waals surface area contributed by atoms with E-state index in [-0.39, 0.29) is 73.0 Å². The van der Waals surface area contributed by atoms with Crippen molar-refractivity contribution < 1.29 is 57.2 Å². The van der Waals surface area contributed by atoms with E-state index < -0.39 is 35.8 Å². The fourth-order valence-corrected chi connectivity index (χ4v) is 11.6. The van der Waals surface area contributed by atoms with E-state index in [1.54, 1.807) is 107 Å². The van der Waals surface area contributed by atoms with Gasteiger partial charge in [0.25, 0.3) is 0 Å². The lowest BCUT2D eigenvalue weighted by Crippen LogP contribution is -2.13. The van der Waals surface area contributed by atoms with E-state index in [1.807, 2.05) is 37.5 Å². The van der Waals surface area contributed by atoms with Crippen LogP contribution in [0.3, 0.4) is 0 Å². The Bertz CT molecular complexity index is 2050. The molecule has 0 heterocycles. The van der Waals surface area contributed by atoms with Crippen LogP contribution in [0.4, 0.5) is 0 Å². The molecule has 0 aliphatic carbocycles. The Morgan fingerprint density at radius 2 is 0.385 bits per heavy atom. The van der Waals surface area contributed by atoms with E-state index in [0.29, 0.717) is 70.8 Å². The fraction of sp³-hybridized carbons (Fsp3) is 0.600. The number of unbranched alkanes of at least 4 members (excludes halogenated alkanes) is 12. The van der Waals surface area contributed by atoms with E-state index in [2.05, 4.69) is 0 Å². The summed E-state index contributed by atoms with van der Waals surface area (Å²) >= 11 is 10.5. The van der Waals surface area contributed by atoms with E-state index in [9.17, 15) is 28.8 Å². The number of carbonyl (C=O) groups excluding carboxylic acids is 6. The molecule has 0 aromatic heterocycles. The molecule has 0 atom stereocenters. The molecule has 0 aliphatic rings. The van der Waals surface area contributed by atoms with E-state index in [4.69, 9.17) is 28.4 Å². The molecule has 0 radical (unpaired) electrons. The van der Waals surface area contributed by atoms with Crippen LogP contribution in [-0.2, 0) is 28.8 Å². The van der Waals surface area contributed by atoms with Gasteiger partial charge in [0.15, 0.2) is 34.5 Å². The maximum Gasteiger partial charge on any atom is 0.311 e. The number of hydrogen-bond acceptors (Lipinski definition) is 18. The molecule has 0 saturated heterocycles. The molecule has 78 heavy (non-hydrogen) atoms. The highest BCUT2D eigenvalue weighted by molar-refractivity contribution is 7.99. The largest absolute Gasteiger partial charge is 0.422 e. The number of rotatable bonds is 42. The normalized spacial score (nSPS) is 11.3. The van der Waals surface area contributed by atoms with Gasteiger partial charge in [0.1, 0.15) is 0 Å². The van der Waals surface area contributed by atoms with Gasteiger partial charge in [-0.15, -0.1) is 0 Å². The first kappa shape index (κ1) is 67.1. The molecule has 12 nitrogen and oxygen atoms in total. The van der Waals surface area contributed by atoms with Crippen LogP contribution in [0.1, 0.15) is 154 Å². The first-order chi connectivity index (χ1) is 38.0. The topological polar surface area (TPSA) is 158 Å². The number of ether oxygens (including phenoxy) is 6. The molecule has 0 unspecified atom stereocenters. The summed E-state index contributed by atoms with van der Waals surface area (Å²) in [6.07, 6.45) is 27.6. The van der Waals surface area contributed by atoms with Crippen molar-refractivity contribution in [1.29, 1.82) is 0 Å². The smallest absolute Gasteiger partial charge is 0.311 e. The lowest BCUT2D eigenvalue weighted by molar-refractivity contribution is -0.137. The van der Waals surface area contributed by atoms with Crippen molar-refractivity contribution >= 4 is 139 Å². The van der Waals surface area contributed by atoms with Crippen LogP contribution in [0, 0.1) is 0 Å². The zero-order chi connectivity index (χ0) is 56.3. The molecular weight excluding hydrogens is 1110 g/mol. The van der Waals surface area contributed by atoms with Crippen molar-refractivity contribution in [1.82, 2.24) is 0 Å². The van der Waals surface area contributed by atoms with Crippen molar-refractivity contribution in [3.8, 4) is 34.5 Å². The monoisotopic (exact) mass is 1190 g/mol. The third-order valence-corrected chi connectivity index (χ3v) is 17.0. The van der Waals surface area contributed by atoms with Crippen LogP contribution in [0.15, 0.2) is 36.4 Å². The Morgan fingerprint density at radius 3 is 0.513 bits per heavy atom. The summed E-state index contributed by atoms with van der Waals surface area (Å²) in [4.78, 5) is 82.2. The highest BCUT2D eigenvalue weighted by atomic mass is 32.2. The molecule has 0 fully saturated rings. The van der Waals surface area contributed by atoms with Crippen LogP contribution >= 0.6 is 70.6 Å². The zero-order valence-electron chi connectivity index (χ0n) is 47.0. The van der Waals surface area contributed by atoms with Gasteiger partial charge in [-0.1, -0.05) is 38.5 Å². The van der Waals surface area contributed by atoms with Gasteiger partial charge in [-0.2, -0.15) is 70.6 Å². The van der Waals surface area contributed by atoms with Crippen molar-refractivity contribution in [2.24, 2.45) is 0 Å². The van der Waals surface area contributed by atoms with Crippen molar-refractivity contribution in [2.45, 2.75) is 154 Å². The maximum absolute atomic E-state index is 13.7. The number of hydrogen-bond donors (Lipinski definition) is 0. The predicted molar refractivity (Wildman–Crippen MR) is 334 cm³/mol. The molecule has 4 aromatic carbocycles. The number of esters is 6. The summed E-state index contributed by atoms with van der Waals surface area (Å²) < 4.78 is 36.8. The highest BCUT2D eigenvalue weighted by Gasteiger charge is 2.25. The summed E-state index contributed by atoms with van der Waals surface area (Å²) in [5.41, 5.74) is 0. The molecular formula is C60H84O12S6. The minimum absolute atomic E-state index is 0.0185. The minimum atomic E-state index is -0.494. The molecule has 0 N–H and O–H groups in total. The molecule has 18 heteroatoms. The van der Waals surface area contributed by atoms with Crippen LogP contribution in [-0.4, -0.2) is 108 Å². The second-order valence-corrected chi connectivity index (χ2v) is 25.1. The number of thioether (sulfide) groups is 6. The van der Waals surface area contributed by atoms with Crippen LogP contribution in [0.5, 0.6) is 34.5 Å². The standard InChI is InChI=1S/C60H84O12S6/c1-73-31-19-7-13-25-55(61)67-49-37-43-44(38-50(49)68-56(62)26-14-8-20-32-74-2)46-40-52(70-58(64)28-16-10-22-34-76-4)54(72-60(66)30-18-12-24-36-78-6)42-48(46)47-41-53(71-59(65)29-17-11-23-35-77-5)51(39-45(43)47)69-57(63)27-15-9-21-33-75-3/h37-42H,7-36H2,1-6H3. The summed E-state index contributed by atoms with van der Waals surface area (Å²) in [7, 11) is 0. The molecule has 0 bridgehead atoms. The average molecular weight is 1190 g/mol. The van der Waals surface area contributed by atoms with Crippen LogP contribution in [0.2, 0.25) is 0 Å². The number of benzene rings is 4. The predicted octanol–water partition coefficient (Wildman–Crippen LogP) is 16.1. The summed E-state index contributed by atoms with van der Waals surface area (Å²) in [5, 5.41) is 3.00. The number of fused-ring (bicyclic) bond motifs is 6. The molecule has 432 valence electrons. The summed E-state index contributed by atoms with van der Waals surface area (Å²) in [5.74, 6) is 3.03. The molecule has 4 aromatic rings. The van der Waals surface area contributed by atoms with E-state index in [0.717, 1.165) is 112 Å². The highest BCUT2D eigenvalue weighted by Crippen LogP contribution is 2.48. The van der Waals surface area contributed by atoms with Gasteiger partial charge in [-0.25, -0.2) is 0 Å². The Balaban J connectivity index is 2.05. The van der Waals surface area contributed by atoms with Crippen LogP contribution < -0.4 is 28.4 Å². The van der Waals surface area contributed by atoms with E-state index in [1.165, 1.54) is 0 Å². The fourth-order valence-electron chi connectivity index (χ4n) is 8.69. The Labute approximate surface area is 489 Å². The van der Waals surface area contributed by atoms with Gasteiger partial charge in [-0.3, -0.25) is 28.8 Å². The first-order valence-corrected chi connectivity index (χ1v) is 36.1. The Kier molecular flexibility index (Phi) is 34.3. The summed E-state index contributed by atoms with van der Waals surface area (Å²) in [6.45, 7) is 0. The third kappa shape index (κ3) is 24.7. The van der Waals surface area contributed by atoms with Gasteiger partial charge in [0.05, 0.1) is 0 Å². The first-order valence-electron chi connectivity index (χ1n) is 27.7. The second kappa shape index (κ2) is 39.9. The van der Waals surface area contributed by atoms with Crippen molar-refractivity contribution in [3.05, 3.63) is 36.4 Å². The molecule has 0 aliphatic heterocycles. The second-order valence-electron chi connectivity index (χ2n) is 19.2. The van der Waals surface area contributed by atoms with Crippen LogP contribution in [0.25, 0.3) is 32.3 Å². The quantitative estimate of drug-likeness (QED) is 0.0178. The average Bonchev–Trinajstić information content (AvgIpc) is 3.58. The maximum atomic E-state index is 13.7. The van der Waals surface area contributed by atoms with Gasteiger partial charge in [0, 0.05) is 38.5 Å². The van der Waals surface area contributed by atoms with Gasteiger partial charge in [-0.05, 0) is 218 Å².